The van der Waals surface area contributed by atoms with Gasteiger partial charge in [-0.25, -0.2) is 0 Å². The van der Waals surface area contributed by atoms with Crippen LogP contribution >= 0.6 is 0 Å². The summed E-state index contributed by atoms with van der Waals surface area (Å²) in [7, 11) is 0. The third-order valence-electron chi connectivity index (χ3n) is 2.24. The van der Waals surface area contributed by atoms with Crippen molar-refractivity contribution in [1.29, 1.82) is 0 Å². The molecule has 0 aliphatic heterocycles. The van der Waals surface area contributed by atoms with E-state index in [1.807, 2.05) is 36.4 Å². The Balaban J connectivity index is 0. The molecule has 0 saturated carbocycles. The van der Waals surface area contributed by atoms with Gasteiger partial charge in [0.2, 0.25) is 0 Å². The number of hydrogen-bond donors (Lipinski definition) is 0. The molecule has 0 N–H and O–H groups in total. The van der Waals surface area contributed by atoms with Gasteiger partial charge in [0, 0.05) is 0 Å². The Kier molecular flexibility index (Phi) is 5.43. The van der Waals surface area contributed by atoms with Gasteiger partial charge in [0.25, 0.3) is 0 Å². The summed E-state index contributed by atoms with van der Waals surface area (Å²) in [5.41, 5.74) is 3.43. The van der Waals surface area contributed by atoms with Gasteiger partial charge in [-0.1, -0.05) is 67.2 Å². The van der Waals surface area contributed by atoms with E-state index in [0.717, 1.165) is 5.57 Å². The van der Waals surface area contributed by atoms with Crippen molar-refractivity contribution in [1.82, 2.24) is 0 Å². The van der Waals surface area contributed by atoms with Gasteiger partial charge in [-0.05, 0) is 16.7 Å². The molecular weight excluding hydrogens is 305 g/mol. The third kappa shape index (κ3) is 3.37. The molecule has 0 saturated heterocycles. The van der Waals surface area contributed by atoms with E-state index in [1.54, 1.807) is 0 Å². The summed E-state index contributed by atoms with van der Waals surface area (Å²) in [6.07, 6.45) is 0. The number of benzene rings is 2. The zero-order valence-electron chi connectivity index (χ0n) is 10.7. The normalized spacial score (nSPS) is 9.07. The smallest absolute Gasteiger partial charge is 1.00 e. The SMILES string of the molecule is C=C(c1ccccc1)c1ccccc1.[Ba+2].[H-].[H-]. The van der Waals surface area contributed by atoms with Crippen molar-refractivity contribution in [2.75, 3.05) is 0 Å². The molecule has 0 radical (unpaired) electrons. The maximum Gasteiger partial charge on any atom is 2.00 e. The van der Waals surface area contributed by atoms with Crippen LogP contribution in [0.1, 0.15) is 14.0 Å². The summed E-state index contributed by atoms with van der Waals surface area (Å²) in [5.74, 6) is 0. The van der Waals surface area contributed by atoms with Gasteiger partial charge in [-0.2, -0.15) is 0 Å². The molecule has 0 bridgehead atoms. The zero-order valence-corrected chi connectivity index (χ0v) is 13.1. The first-order valence-corrected chi connectivity index (χ1v) is 4.67. The van der Waals surface area contributed by atoms with Crippen molar-refractivity contribution in [3.05, 3.63) is 78.4 Å². The van der Waals surface area contributed by atoms with Crippen molar-refractivity contribution in [3.63, 3.8) is 0 Å². The second-order valence-electron chi connectivity index (χ2n) is 3.21. The molecule has 2 rings (SSSR count). The van der Waals surface area contributed by atoms with E-state index >= 15 is 0 Å². The van der Waals surface area contributed by atoms with Crippen LogP contribution in [0.25, 0.3) is 5.57 Å². The van der Waals surface area contributed by atoms with Crippen LogP contribution in [0.2, 0.25) is 0 Å². The molecule has 0 unspecified atom stereocenters. The molecule has 0 atom stereocenters. The Labute approximate surface area is 134 Å². The molecule has 0 spiro atoms. The van der Waals surface area contributed by atoms with Gasteiger partial charge in [-0.15, -0.1) is 0 Å². The Morgan fingerprint density at radius 2 is 1.07 bits per heavy atom. The quantitative estimate of drug-likeness (QED) is 0.742. The fraction of sp³-hybridized carbons (Fsp3) is 0. The average molecular weight is 320 g/mol. The van der Waals surface area contributed by atoms with Crippen LogP contribution in [0.3, 0.4) is 0 Å². The van der Waals surface area contributed by atoms with Crippen molar-refractivity contribution < 1.29 is 2.85 Å². The third-order valence-corrected chi connectivity index (χ3v) is 2.24. The molecule has 72 valence electrons. The maximum absolute atomic E-state index is 4.10. The Hall–Kier alpha value is -0.249. The fourth-order valence-corrected chi connectivity index (χ4v) is 1.45. The molecule has 15 heavy (non-hydrogen) atoms. The van der Waals surface area contributed by atoms with E-state index in [-0.39, 0.29) is 51.7 Å². The summed E-state index contributed by atoms with van der Waals surface area (Å²) in [4.78, 5) is 0. The fourth-order valence-electron chi connectivity index (χ4n) is 1.45. The molecule has 0 heterocycles. The maximum atomic E-state index is 4.10. The van der Waals surface area contributed by atoms with Crippen LogP contribution in [-0.4, -0.2) is 48.9 Å². The summed E-state index contributed by atoms with van der Waals surface area (Å²) in [6.45, 7) is 4.10. The second kappa shape index (κ2) is 6.36. The molecular formula is C14H14Ba. The summed E-state index contributed by atoms with van der Waals surface area (Å²) in [6, 6.07) is 20.5. The van der Waals surface area contributed by atoms with Gasteiger partial charge in [0.1, 0.15) is 0 Å². The molecule has 0 aliphatic rings. The first kappa shape index (κ1) is 12.8. The minimum Gasteiger partial charge on any atom is -1.00 e. The molecule has 1 heteroatoms. The van der Waals surface area contributed by atoms with Crippen LogP contribution in [0, 0.1) is 0 Å². The van der Waals surface area contributed by atoms with Crippen molar-refractivity contribution in [2.45, 2.75) is 0 Å². The first-order valence-electron chi connectivity index (χ1n) is 4.67. The topological polar surface area (TPSA) is 0 Å². The first-order chi connectivity index (χ1) is 6.88. The van der Waals surface area contributed by atoms with E-state index in [4.69, 9.17) is 0 Å². The van der Waals surface area contributed by atoms with E-state index in [0.29, 0.717) is 0 Å². The van der Waals surface area contributed by atoms with Crippen LogP contribution in [0.15, 0.2) is 67.2 Å². The van der Waals surface area contributed by atoms with E-state index in [9.17, 15) is 0 Å². The Morgan fingerprint density at radius 3 is 1.40 bits per heavy atom. The average Bonchev–Trinajstić information content (AvgIpc) is 2.30. The van der Waals surface area contributed by atoms with Crippen LogP contribution in [-0.2, 0) is 0 Å². The largest absolute Gasteiger partial charge is 2.00 e. The van der Waals surface area contributed by atoms with Crippen LogP contribution < -0.4 is 0 Å². The van der Waals surface area contributed by atoms with Crippen LogP contribution in [0.4, 0.5) is 0 Å². The van der Waals surface area contributed by atoms with E-state index in [2.05, 4.69) is 30.8 Å². The van der Waals surface area contributed by atoms with Crippen LogP contribution in [0.5, 0.6) is 0 Å². The molecule has 2 aromatic carbocycles. The monoisotopic (exact) mass is 320 g/mol. The Morgan fingerprint density at radius 1 is 0.733 bits per heavy atom. The summed E-state index contributed by atoms with van der Waals surface area (Å²) >= 11 is 0. The molecule has 0 nitrogen and oxygen atoms in total. The van der Waals surface area contributed by atoms with Crippen molar-refractivity contribution in [2.24, 2.45) is 0 Å². The van der Waals surface area contributed by atoms with Crippen molar-refractivity contribution in [3.8, 4) is 0 Å². The van der Waals surface area contributed by atoms with E-state index in [1.165, 1.54) is 11.1 Å². The van der Waals surface area contributed by atoms with E-state index < -0.39 is 0 Å². The molecule has 0 aliphatic carbocycles. The molecule has 0 aromatic heterocycles. The van der Waals surface area contributed by atoms with Gasteiger partial charge >= 0.3 is 48.9 Å². The molecule has 0 amide bonds. The second-order valence-corrected chi connectivity index (χ2v) is 3.21. The van der Waals surface area contributed by atoms with Gasteiger partial charge in [-0.3, -0.25) is 0 Å². The van der Waals surface area contributed by atoms with Gasteiger partial charge in [0.15, 0.2) is 0 Å². The van der Waals surface area contributed by atoms with Gasteiger partial charge in [0.05, 0.1) is 0 Å². The molecule has 0 fully saturated rings. The minimum absolute atomic E-state index is 0. The van der Waals surface area contributed by atoms with Crippen molar-refractivity contribution >= 4 is 54.5 Å². The predicted octanol–water partition coefficient (Wildman–Crippen LogP) is 3.59. The number of rotatable bonds is 2. The summed E-state index contributed by atoms with van der Waals surface area (Å²) in [5, 5.41) is 0. The molecule has 2 aromatic rings. The zero-order chi connectivity index (χ0) is 9.80. The Bertz CT molecular complexity index is 385. The number of hydrogen-bond acceptors (Lipinski definition) is 0. The minimum atomic E-state index is 0. The summed E-state index contributed by atoms with van der Waals surface area (Å²) < 4.78 is 0. The van der Waals surface area contributed by atoms with Gasteiger partial charge < -0.3 is 2.85 Å². The standard InChI is InChI=1S/C14H12.Ba.2H/c1-12(13-8-4-2-5-9-13)14-10-6-3-7-11-14;;;/h2-11H,1H2;;;/q;+2;2*-1. The predicted molar refractivity (Wildman–Crippen MR) is 69.0 cm³/mol.